The molecule has 0 aliphatic rings. The van der Waals surface area contributed by atoms with Crippen LogP contribution in [0.2, 0.25) is 0 Å². The van der Waals surface area contributed by atoms with Crippen molar-refractivity contribution in [3.8, 4) is 27.8 Å². The minimum absolute atomic E-state index is 0.0876. The van der Waals surface area contributed by atoms with Crippen molar-refractivity contribution >= 4 is 17.3 Å². The molecule has 7 heteroatoms. The summed E-state index contributed by atoms with van der Waals surface area (Å²) in [5.74, 6) is 1.14. The van der Waals surface area contributed by atoms with Gasteiger partial charge in [-0.2, -0.15) is 0 Å². The molecule has 3 aromatic rings. The number of methoxy groups -OCH3 is 1. The number of carbonyl (C=O) groups is 1. The smallest absolute Gasteiger partial charge is 0.309 e. The van der Waals surface area contributed by atoms with Crippen LogP contribution in [0.4, 0.5) is 0 Å². The zero-order valence-electron chi connectivity index (χ0n) is 15.7. The van der Waals surface area contributed by atoms with Crippen molar-refractivity contribution < 1.29 is 24.1 Å². The van der Waals surface area contributed by atoms with Gasteiger partial charge >= 0.3 is 5.97 Å². The molecule has 3 rings (SSSR count). The lowest BCUT2D eigenvalue weighted by Gasteiger charge is -2.13. The second-order valence-corrected chi connectivity index (χ2v) is 6.90. The Bertz CT molecular complexity index is 953. The number of thiazole rings is 1. The summed E-state index contributed by atoms with van der Waals surface area (Å²) < 4.78 is 17.0. The molecule has 0 fully saturated rings. The molecule has 2 aromatic carbocycles. The van der Waals surface area contributed by atoms with E-state index in [1.165, 1.54) is 11.3 Å². The van der Waals surface area contributed by atoms with Gasteiger partial charge in [-0.25, -0.2) is 4.98 Å². The minimum Gasteiger partial charge on any atom is -0.493 e. The van der Waals surface area contributed by atoms with Gasteiger partial charge in [0.25, 0.3) is 0 Å². The molecule has 0 bridgehead atoms. The van der Waals surface area contributed by atoms with Crippen molar-refractivity contribution in [2.45, 2.75) is 13.3 Å². The van der Waals surface area contributed by atoms with Crippen molar-refractivity contribution in [3.63, 3.8) is 0 Å². The van der Waals surface area contributed by atoms with Crippen molar-refractivity contribution in [3.05, 3.63) is 59.1 Å². The molecule has 146 valence electrons. The summed E-state index contributed by atoms with van der Waals surface area (Å²) >= 11 is 1.40. The summed E-state index contributed by atoms with van der Waals surface area (Å²) in [6.07, 6.45) is -0.0876. The van der Waals surface area contributed by atoms with Gasteiger partial charge < -0.3 is 19.3 Å². The van der Waals surface area contributed by atoms with E-state index in [9.17, 15) is 4.79 Å². The lowest BCUT2D eigenvalue weighted by molar-refractivity contribution is -0.136. The highest BCUT2D eigenvalue weighted by molar-refractivity contribution is 7.13. The number of rotatable bonds is 9. The molecule has 0 unspecified atom stereocenters. The first-order chi connectivity index (χ1) is 13.6. The normalized spacial score (nSPS) is 10.5. The largest absolute Gasteiger partial charge is 0.493 e. The van der Waals surface area contributed by atoms with Crippen LogP contribution in [0.15, 0.2) is 47.8 Å². The molecular weight excluding hydrogens is 378 g/mol. The third-order valence-corrected chi connectivity index (χ3v) is 4.93. The number of carboxylic acid groups (broad SMARTS) is 1. The van der Waals surface area contributed by atoms with Crippen molar-refractivity contribution in [2.75, 3.05) is 20.3 Å². The summed E-state index contributed by atoms with van der Waals surface area (Å²) in [5.41, 5.74) is 2.47. The van der Waals surface area contributed by atoms with Crippen LogP contribution in [-0.2, 0) is 11.2 Å². The predicted octanol–water partition coefficient (Wildman–Crippen LogP) is 4.21. The second kappa shape index (κ2) is 9.23. The lowest BCUT2D eigenvalue weighted by atomic mass is 10.2. The summed E-state index contributed by atoms with van der Waals surface area (Å²) in [4.78, 5) is 15.2. The Morgan fingerprint density at radius 2 is 1.82 bits per heavy atom. The number of aryl methyl sites for hydroxylation is 1. The first-order valence-corrected chi connectivity index (χ1v) is 9.60. The molecule has 28 heavy (non-hydrogen) atoms. The number of nitrogens with zero attached hydrogens (tertiary/aromatic N) is 1. The molecule has 6 nitrogen and oxygen atoms in total. The average Bonchev–Trinajstić information content (AvgIpc) is 3.14. The molecule has 1 N–H and O–H groups in total. The van der Waals surface area contributed by atoms with Crippen LogP contribution in [-0.4, -0.2) is 36.4 Å². The van der Waals surface area contributed by atoms with Crippen LogP contribution in [0, 0.1) is 6.92 Å². The number of benzene rings is 2. The van der Waals surface area contributed by atoms with Gasteiger partial charge in [0.1, 0.15) is 24.0 Å². The third-order valence-electron chi connectivity index (χ3n) is 3.99. The van der Waals surface area contributed by atoms with E-state index in [2.05, 4.69) is 4.98 Å². The van der Waals surface area contributed by atoms with E-state index in [0.29, 0.717) is 30.4 Å². The quantitative estimate of drug-likeness (QED) is 0.543. The minimum atomic E-state index is -0.897. The van der Waals surface area contributed by atoms with E-state index in [0.717, 1.165) is 21.9 Å². The first-order valence-electron chi connectivity index (χ1n) is 8.72. The van der Waals surface area contributed by atoms with Gasteiger partial charge in [0.2, 0.25) is 0 Å². The molecule has 0 spiro atoms. The van der Waals surface area contributed by atoms with Gasteiger partial charge in [-0.05, 0) is 36.8 Å². The highest BCUT2D eigenvalue weighted by Gasteiger charge is 2.12. The van der Waals surface area contributed by atoms with Gasteiger partial charge in [0.05, 0.1) is 19.2 Å². The summed E-state index contributed by atoms with van der Waals surface area (Å²) in [6.45, 7) is 2.79. The van der Waals surface area contributed by atoms with E-state index in [-0.39, 0.29) is 6.42 Å². The number of carboxylic acids is 1. The van der Waals surface area contributed by atoms with Crippen LogP contribution in [0.25, 0.3) is 10.6 Å². The molecule has 0 saturated heterocycles. The molecule has 0 aliphatic heterocycles. The Labute approximate surface area is 167 Å². The number of aliphatic carboxylic acids is 1. The topological polar surface area (TPSA) is 77.9 Å². The highest BCUT2D eigenvalue weighted by atomic mass is 32.1. The van der Waals surface area contributed by atoms with Gasteiger partial charge in [-0.15, -0.1) is 11.3 Å². The lowest BCUT2D eigenvalue weighted by Crippen LogP contribution is -2.10. The number of hydrogen-bond acceptors (Lipinski definition) is 6. The van der Waals surface area contributed by atoms with E-state index in [1.807, 2.05) is 49.4 Å². The van der Waals surface area contributed by atoms with E-state index >= 15 is 0 Å². The van der Waals surface area contributed by atoms with Gasteiger partial charge in [0.15, 0.2) is 11.5 Å². The zero-order valence-corrected chi connectivity index (χ0v) is 16.5. The molecule has 1 aromatic heterocycles. The average molecular weight is 399 g/mol. The Hall–Kier alpha value is -3.06. The molecule has 0 saturated carbocycles. The molecule has 0 amide bonds. The van der Waals surface area contributed by atoms with E-state index < -0.39 is 5.97 Å². The monoisotopic (exact) mass is 399 g/mol. The highest BCUT2D eigenvalue weighted by Crippen LogP contribution is 2.34. The summed E-state index contributed by atoms with van der Waals surface area (Å²) in [6, 6.07) is 13.4. The number of ether oxygens (including phenoxy) is 3. The van der Waals surface area contributed by atoms with Gasteiger partial charge in [-0.3, -0.25) is 4.79 Å². The summed E-state index contributed by atoms with van der Waals surface area (Å²) in [5, 5.41) is 11.4. The Balaban J connectivity index is 1.62. The fourth-order valence-corrected chi connectivity index (χ4v) is 3.43. The van der Waals surface area contributed by atoms with E-state index in [1.54, 1.807) is 12.5 Å². The van der Waals surface area contributed by atoms with Crippen LogP contribution in [0.3, 0.4) is 0 Å². The molecule has 0 atom stereocenters. The van der Waals surface area contributed by atoms with E-state index in [4.69, 9.17) is 19.3 Å². The van der Waals surface area contributed by atoms with Crippen LogP contribution >= 0.6 is 11.3 Å². The predicted molar refractivity (Wildman–Crippen MR) is 108 cm³/mol. The zero-order chi connectivity index (χ0) is 19.9. The van der Waals surface area contributed by atoms with Crippen LogP contribution in [0.5, 0.6) is 17.2 Å². The number of aromatic nitrogens is 1. The Kier molecular flexibility index (Phi) is 6.49. The molecule has 0 radical (unpaired) electrons. The molecule has 1 heterocycles. The molecular formula is C21H21NO5S. The van der Waals surface area contributed by atoms with Crippen molar-refractivity contribution in [2.24, 2.45) is 0 Å². The number of para-hydroxylation sites is 1. The fourth-order valence-electron chi connectivity index (χ4n) is 2.62. The Morgan fingerprint density at radius 1 is 1.07 bits per heavy atom. The van der Waals surface area contributed by atoms with Crippen LogP contribution < -0.4 is 14.2 Å². The standard InChI is InChI=1S/C21H21NO5S/c1-14-5-3-4-6-17(14)26-9-10-27-18-8-7-15(11-19(18)25-2)21-22-16(13-28-21)12-20(23)24/h3-8,11,13H,9-10,12H2,1-2H3,(H,23,24). The maximum absolute atomic E-state index is 10.8. The SMILES string of the molecule is COc1cc(-c2nc(CC(=O)O)cs2)ccc1OCCOc1ccccc1C. The van der Waals surface area contributed by atoms with Crippen molar-refractivity contribution in [1.82, 2.24) is 4.98 Å². The third kappa shape index (κ3) is 5.01. The van der Waals surface area contributed by atoms with Crippen molar-refractivity contribution in [1.29, 1.82) is 0 Å². The maximum atomic E-state index is 10.8. The fraction of sp³-hybridized carbons (Fsp3) is 0.238. The maximum Gasteiger partial charge on any atom is 0.309 e. The second-order valence-electron chi connectivity index (χ2n) is 6.04. The van der Waals surface area contributed by atoms with Gasteiger partial charge in [-0.1, -0.05) is 18.2 Å². The summed E-state index contributed by atoms with van der Waals surface area (Å²) in [7, 11) is 1.58. The molecule has 0 aliphatic carbocycles. The first kappa shape index (κ1) is 19.7. The van der Waals surface area contributed by atoms with Crippen LogP contribution in [0.1, 0.15) is 11.3 Å². The van der Waals surface area contributed by atoms with Gasteiger partial charge in [0, 0.05) is 10.9 Å². The Morgan fingerprint density at radius 3 is 2.54 bits per heavy atom. The number of hydrogen-bond donors (Lipinski definition) is 1.